The summed E-state index contributed by atoms with van der Waals surface area (Å²) < 4.78 is 2.27. The van der Waals surface area contributed by atoms with E-state index in [1.807, 2.05) is 31.4 Å². The average Bonchev–Trinajstić information content (AvgIpc) is 3.09. The monoisotopic (exact) mass is 365 g/mol. The lowest BCUT2D eigenvalue weighted by Gasteiger charge is -2.18. The van der Waals surface area contributed by atoms with Crippen molar-refractivity contribution in [1.82, 2.24) is 9.13 Å². The van der Waals surface area contributed by atoms with Crippen LogP contribution in [0, 0.1) is 0 Å². The molecule has 0 amide bonds. The molecule has 0 saturated heterocycles. The average molecular weight is 365 g/mol. The van der Waals surface area contributed by atoms with E-state index in [2.05, 4.69) is 0 Å². The van der Waals surface area contributed by atoms with Crippen LogP contribution in [0.1, 0.15) is 35.5 Å². The van der Waals surface area contributed by atoms with E-state index >= 15 is 0 Å². The van der Waals surface area contributed by atoms with Gasteiger partial charge in [-0.3, -0.25) is 18.7 Å². The summed E-state index contributed by atoms with van der Waals surface area (Å²) in [4.78, 5) is 39.6. The molecule has 25 heavy (non-hydrogen) atoms. The maximum atomic E-state index is 12.8. The third kappa shape index (κ3) is 4.08. The first kappa shape index (κ1) is 19.1. The van der Waals surface area contributed by atoms with Crippen LogP contribution in [0.3, 0.4) is 0 Å². The first-order chi connectivity index (χ1) is 11.9. The number of hydrogen-bond acceptors (Lipinski definition) is 5. The normalized spacial score (nSPS) is 12.3. The van der Waals surface area contributed by atoms with Crippen molar-refractivity contribution >= 4 is 22.9 Å². The second-order valence-electron chi connectivity index (χ2n) is 6.02. The van der Waals surface area contributed by atoms with Crippen LogP contribution in [0.5, 0.6) is 0 Å². The van der Waals surface area contributed by atoms with Gasteiger partial charge in [0.1, 0.15) is 24.5 Å². The van der Waals surface area contributed by atoms with Gasteiger partial charge in [-0.15, -0.1) is 11.3 Å². The molecule has 2 aromatic rings. The molecule has 0 aliphatic rings. The second kappa shape index (κ2) is 8.26. The summed E-state index contributed by atoms with van der Waals surface area (Å²) in [6.07, 6.45) is 0.681. The zero-order valence-corrected chi connectivity index (χ0v) is 15.7. The minimum atomic E-state index is -0.619. The number of thiophene rings is 1. The van der Waals surface area contributed by atoms with Gasteiger partial charge in [0.25, 0.3) is 5.56 Å². The Morgan fingerprint density at radius 2 is 2.04 bits per heavy atom. The molecule has 2 rings (SSSR count). The largest absolute Gasteiger partial charge is 0.384 e. The summed E-state index contributed by atoms with van der Waals surface area (Å²) in [5.74, 6) is -0.345. The number of nitrogens with two attached hydrogens (primary N) is 1. The molecule has 3 N–H and O–H groups in total. The Morgan fingerprint density at radius 1 is 1.32 bits per heavy atom. The summed E-state index contributed by atoms with van der Waals surface area (Å²) in [5.41, 5.74) is 4.83. The van der Waals surface area contributed by atoms with Crippen molar-refractivity contribution in [3.05, 3.63) is 48.8 Å². The highest BCUT2D eigenvalue weighted by Gasteiger charge is 2.24. The predicted molar refractivity (Wildman–Crippen MR) is 99.4 cm³/mol. The molecule has 2 heterocycles. The molecule has 1 atom stereocenters. The van der Waals surface area contributed by atoms with Gasteiger partial charge < -0.3 is 10.6 Å². The molecular weight excluding hydrogens is 340 g/mol. The lowest BCUT2D eigenvalue weighted by Crippen LogP contribution is -3.11. The lowest BCUT2D eigenvalue weighted by molar-refractivity contribution is -0.903. The number of aromatic nitrogens is 2. The quantitative estimate of drug-likeness (QED) is 0.639. The van der Waals surface area contributed by atoms with Crippen LogP contribution in [0.2, 0.25) is 0 Å². The van der Waals surface area contributed by atoms with Crippen molar-refractivity contribution in [3.63, 3.8) is 0 Å². The molecule has 8 heteroatoms. The van der Waals surface area contributed by atoms with Gasteiger partial charge in [-0.2, -0.15) is 0 Å². The Bertz CT molecular complexity index is 852. The van der Waals surface area contributed by atoms with Gasteiger partial charge in [0.15, 0.2) is 0 Å². The third-order valence-corrected chi connectivity index (χ3v) is 5.10. The fraction of sp³-hybridized carbons (Fsp3) is 0.471. The third-order valence-electron chi connectivity index (χ3n) is 4.22. The SMILES string of the molecule is CCCn1c(N)c(C(=O)C[NH+](CC)Cc2cccs2)c(=O)n(C)c1=O. The number of nitrogens with zero attached hydrogens (tertiary/aromatic N) is 2. The van der Waals surface area contributed by atoms with Crippen LogP contribution >= 0.6 is 11.3 Å². The van der Waals surface area contributed by atoms with Gasteiger partial charge in [-0.25, -0.2) is 4.79 Å². The number of ketones is 1. The summed E-state index contributed by atoms with van der Waals surface area (Å²) in [6, 6.07) is 4.00. The first-order valence-corrected chi connectivity index (χ1v) is 9.27. The predicted octanol–water partition coefficient (Wildman–Crippen LogP) is -0.112. The van der Waals surface area contributed by atoms with Gasteiger partial charge in [0, 0.05) is 13.6 Å². The molecule has 136 valence electrons. The molecule has 0 spiro atoms. The number of likely N-dealkylation sites (N-methyl/N-ethyl adjacent to an activating group) is 1. The van der Waals surface area contributed by atoms with E-state index in [0.29, 0.717) is 19.5 Å². The minimum Gasteiger partial charge on any atom is -0.384 e. The molecule has 1 unspecified atom stereocenters. The number of carbonyl (C=O) groups excluding carboxylic acids is 1. The highest BCUT2D eigenvalue weighted by molar-refractivity contribution is 7.09. The topological polar surface area (TPSA) is 91.5 Å². The highest BCUT2D eigenvalue weighted by atomic mass is 32.1. The van der Waals surface area contributed by atoms with E-state index in [9.17, 15) is 14.4 Å². The number of quaternary nitrogens is 1. The van der Waals surface area contributed by atoms with Crippen molar-refractivity contribution < 1.29 is 9.69 Å². The molecule has 7 nitrogen and oxygen atoms in total. The zero-order chi connectivity index (χ0) is 18.6. The molecule has 0 radical (unpaired) electrons. The molecule has 0 aliphatic carbocycles. The van der Waals surface area contributed by atoms with Crippen molar-refractivity contribution in [1.29, 1.82) is 0 Å². The van der Waals surface area contributed by atoms with Crippen LogP contribution < -0.4 is 21.9 Å². The number of nitrogen functional groups attached to an aromatic ring is 1. The van der Waals surface area contributed by atoms with Crippen LogP contribution in [0.15, 0.2) is 27.1 Å². The van der Waals surface area contributed by atoms with Gasteiger partial charge in [-0.05, 0) is 24.8 Å². The van der Waals surface area contributed by atoms with Crippen LogP contribution in [-0.2, 0) is 20.1 Å². The number of Topliss-reactive ketones (excluding diaryl/α,β-unsaturated/α-hetero) is 1. The molecule has 0 aliphatic heterocycles. The van der Waals surface area contributed by atoms with Crippen LogP contribution in [0.4, 0.5) is 5.82 Å². The number of rotatable bonds is 8. The van der Waals surface area contributed by atoms with Gasteiger partial charge in [0.2, 0.25) is 5.78 Å². The van der Waals surface area contributed by atoms with E-state index in [4.69, 9.17) is 5.73 Å². The van der Waals surface area contributed by atoms with Gasteiger partial charge in [0.05, 0.1) is 11.4 Å². The van der Waals surface area contributed by atoms with Crippen LogP contribution in [0.25, 0.3) is 0 Å². The van der Waals surface area contributed by atoms with Crippen LogP contribution in [-0.4, -0.2) is 28.0 Å². The number of anilines is 1. The molecule has 2 aromatic heterocycles. The molecule has 0 fully saturated rings. The van der Waals surface area contributed by atoms with E-state index < -0.39 is 11.2 Å². The Balaban J connectivity index is 2.35. The van der Waals surface area contributed by atoms with Gasteiger partial charge in [-0.1, -0.05) is 13.0 Å². The van der Waals surface area contributed by atoms with Crippen molar-refractivity contribution in [2.45, 2.75) is 33.4 Å². The Hall–Kier alpha value is -2.19. The van der Waals surface area contributed by atoms with Crippen molar-refractivity contribution in [3.8, 4) is 0 Å². The van der Waals surface area contributed by atoms with E-state index in [1.54, 1.807) is 11.3 Å². The van der Waals surface area contributed by atoms with Crippen molar-refractivity contribution in [2.75, 3.05) is 18.8 Å². The van der Waals surface area contributed by atoms with E-state index in [0.717, 1.165) is 16.0 Å². The first-order valence-electron chi connectivity index (χ1n) is 8.39. The summed E-state index contributed by atoms with van der Waals surface area (Å²) in [5, 5.41) is 2.00. The Labute approximate surface area is 150 Å². The summed E-state index contributed by atoms with van der Waals surface area (Å²) in [7, 11) is 1.38. The minimum absolute atomic E-state index is 0.0217. The number of carbonyl (C=O) groups is 1. The van der Waals surface area contributed by atoms with Crippen molar-refractivity contribution in [2.24, 2.45) is 7.05 Å². The Kier molecular flexibility index (Phi) is 6.33. The second-order valence-corrected chi connectivity index (χ2v) is 7.05. The van der Waals surface area contributed by atoms with E-state index in [-0.39, 0.29) is 23.7 Å². The number of nitrogens with one attached hydrogen (secondary N) is 1. The fourth-order valence-electron chi connectivity index (χ4n) is 2.77. The maximum absolute atomic E-state index is 12.8. The summed E-state index contributed by atoms with van der Waals surface area (Å²) >= 11 is 1.64. The smallest absolute Gasteiger partial charge is 0.332 e. The molecular formula is C17H25N4O3S+. The molecule has 0 bridgehead atoms. The molecule has 0 aromatic carbocycles. The standard InChI is InChI=1S/C17H24N4O3S/c1-4-8-21-15(18)14(16(23)19(3)17(21)24)13(22)11-20(5-2)10-12-7-6-9-25-12/h6-7,9H,4-5,8,10-11,18H2,1-3H3/p+1. The number of hydrogen-bond donors (Lipinski definition) is 2. The van der Waals surface area contributed by atoms with Gasteiger partial charge >= 0.3 is 5.69 Å². The summed E-state index contributed by atoms with van der Waals surface area (Å²) in [6.45, 7) is 5.90. The highest BCUT2D eigenvalue weighted by Crippen LogP contribution is 2.07. The van der Waals surface area contributed by atoms with E-state index in [1.165, 1.54) is 16.5 Å². The molecule has 0 saturated carbocycles. The lowest BCUT2D eigenvalue weighted by atomic mass is 10.1. The fourth-order valence-corrected chi connectivity index (χ4v) is 3.55. The maximum Gasteiger partial charge on any atom is 0.332 e. The zero-order valence-electron chi connectivity index (χ0n) is 14.9. The Morgan fingerprint density at radius 3 is 2.60 bits per heavy atom.